The summed E-state index contributed by atoms with van der Waals surface area (Å²) in [5.41, 5.74) is 2.12. The first-order valence-electron chi connectivity index (χ1n) is 8.46. The minimum Gasteiger partial charge on any atom is -0.375 e. The summed E-state index contributed by atoms with van der Waals surface area (Å²) in [6.45, 7) is 5.04. The minimum atomic E-state index is 0.114. The van der Waals surface area contributed by atoms with E-state index in [2.05, 4.69) is 21.7 Å². The smallest absolute Gasteiger partial charge is 0.270 e. The molecule has 5 nitrogen and oxygen atoms in total. The Labute approximate surface area is 146 Å². The third-order valence-corrected chi connectivity index (χ3v) is 5.77. The fraction of sp³-hybridized carbons (Fsp3) is 0.500. The van der Waals surface area contributed by atoms with Crippen LogP contribution in [0.2, 0.25) is 0 Å². The molecule has 0 N–H and O–H groups in total. The fourth-order valence-electron chi connectivity index (χ4n) is 3.78. The van der Waals surface area contributed by atoms with Gasteiger partial charge in [0.15, 0.2) is 0 Å². The van der Waals surface area contributed by atoms with Gasteiger partial charge < -0.3 is 14.2 Å². The number of carbonyl (C=O) groups is 1. The average molecular weight is 345 g/mol. The predicted molar refractivity (Wildman–Crippen MR) is 94.1 cm³/mol. The number of nitrogens with zero attached hydrogens (tertiary/aromatic N) is 3. The molecule has 0 spiro atoms. The van der Waals surface area contributed by atoms with Gasteiger partial charge in [-0.25, -0.2) is 0 Å². The average Bonchev–Trinajstić information content (AvgIpc) is 3.27. The van der Waals surface area contributed by atoms with Crippen molar-refractivity contribution < 1.29 is 9.53 Å². The van der Waals surface area contributed by atoms with Crippen molar-refractivity contribution in [2.75, 3.05) is 32.8 Å². The molecule has 0 aromatic carbocycles. The van der Waals surface area contributed by atoms with Gasteiger partial charge in [-0.15, -0.1) is 0 Å². The molecule has 2 saturated heterocycles. The Kier molecular flexibility index (Phi) is 4.43. The normalized spacial score (nSPS) is 24.8. The topological polar surface area (TPSA) is 37.7 Å². The first kappa shape index (κ1) is 15.9. The lowest BCUT2D eigenvalue weighted by molar-refractivity contribution is 0.0500. The number of aryl methyl sites for hydroxylation is 1. The third kappa shape index (κ3) is 3.14. The number of thiophene rings is 1. The number of fused-ring (bicyclic) bond motifs is 1. The summed E-state index contributed by atoms with van der Waals surface area (Å²) in [7, 11) is 1.92. The van der Waals surface area contributed by atoms with Crippen LogP contribution in [0.4, 0.5) is 0 Å². The molecule has 2 aliphatic heterocycles. The Morgan fingerprint density at radius 2 is 2.25 bits per heavy atom. The molecular formula is C18H23N3O2S. The Morgan fingerprint density at radius 1 is 1.33 bits per heavy atom. The van der Waals surface area contributed by atoms with Crippen molar-refractivity contribution in [3.05, 3.63) is 46.4 Å². The van der Waals surface area contributed by atoms with E-state index in [1.807, 2.05) is 34.8 Å². The lowest BCUT2D eigenvalue weighted by Crippen LogP contribution is -2.38. The van der Waals surface area contributed by atoms with E-state index in [0.29, 0.717) is 19.1 Å². The van der Waals surface area contributed by atoms with E-state index in [-0.39, 0.29) is 12.0 Å². The molecule has 4 rings (SSSR count). The standard InChI is InChI=1S/C18H23N3O2S/c1-19-5-2-3-16(19)18(22)21-6-7-23-17-12-20(10-15(17)11-21)9-14-4-8-24-13-14/h2-5,8,13,15,17H,6-7,9-12H2,1H3/t15-,17-/m1/s1. The number of hydrogen-bond donors (Lipinski definition) is 0. The second-order valence-corrected chi connectivity index (χ2v) is 7.53. The summed E-state index contributed by atoms with van der Waals surface area (Å²) in [4.78, 5) is 17.2. The number of likely N-dealkylation sites (tertiary alicyclic amines) is 1. The van der Waals surface area contributed by atoms with Crippen LogP contribution >= 0.6 is 11.3 Å². The largest absolute Gasteiger partial charge is 0.375 e. The zero-order chi connectivity index (χ0) is 16.5. The molecule has 2 fully saturated rings. The summed E-state index contributed by atoms with van der Waals surface area (Å²) < 4.78 is 7.96. The highest BCUT2D eigenvalue weighted by atomic mass is 32.1. The first-order valence-corrected chi connectivity index (χ1v) is 9.40. The van der Waals surface area contributed by atoms with Crippen molar-refractivity contribution in [1.82, 2.24) is 14.4 Å². The van der Waals surface area contributed by atoms with Gasteiger partial charge in [0.05, 0.1) is 12.7 Å². The van der Waals surface area contributed by atoms with Crippen molar-refractivity contribution in [2.24, 2.45) is 13.0 Å². The van der Waals surface area contributed by atoms with E-state index in [4.69, 9.17) is 4.74 Å². The molecule has 0 saturated carbocycles. The number of rotatable bonds is 3. The summed E-state index contributed by atoms with van der Waals surface area (Å²) in [6, 6.07) is 6.00. The minimum absolute atomic E-state index is 0.114. The van der Waals surface area contributed by atoms with E-state index in [1.54, 1.807) is 11.3 Å². The van der Waals surface area contributed by atoms with E-state index >= 15 is 0 Å². The molecule has 0 unspecified atom stereocenters. The summed E-state index contributed by atoms with van der Waals surface area (Å²) >= 11 is 1.74. The molecule has 0 bridgehead atoms. The third-order valence-electron chi connectivity index (χ3n) is 5.04. The quantitative estimate of drug-likeness (QED) is 0.855. The van der Waals surface area contributed by atoms with E-state index < -0.39 is 0 Å². The maximum atomic E-state index is 12.8. The molecule has 1 amide bonds. The van der Waals surface area contributed by atoms with Crippen molar-refractivity contribution in [3.63, 3.8) is 0 Å². The molecule has 2 atom stereocenters. The highest BCUT2D eigenvalue weighted by molar-refractivity contribution is 7.07. The predicted octanol–water partition coefficient (Wildman–Crippen LogP) is 2.06. The van der Waals surface area contributed by atoms with Crippen molar-refractivity contribution in [1.29, 1.82) is 0 Å². The zero-order valence-corrected chi connectivity index (χ0v) is 14.7. The fourth-order valence-corrected chi connectivity index (χ4v) is 4.44. The Balaban J connectivity index is 1.43. The number of carbonyl (C=O) groups excluding carboxylic acids is 1. The Hall–Kier alpha value is -1.63. The molecule has 6 heteroatoms. The number of ether oxygens (including phenoxy) is 1. The van der Waals surface area contributed by atoms with Crippen molar-refractivity contribution in [3.8, 4) is 0 Å². The molecule has 4 heterocycles. The van der Waals surface area contributed by atoms with E-state index in [0.717, 1.165) is 31.9 Å². The molecule has 128 valence electrons. The van der Waals surface area contributed by atoms with Gasteiger partial charge in [-0.3, -0.25) is 9.69 Å². The van der Waals surface area contributed by atoms with Gasteiger partial charge in [0.2, 0.25) is 0 Å². The van der Waals surface area contributed by atoms with Crippen LogP contribution in [0.5, 0.6) is 0 Å². The molecule has 2 aromatic rings. The maximum Gasteiger partial charge on any atom is 0.270 e. The molecular weight excluding hydrogens is 322 g/mol. The molecule has 24 heavy (non-hydrogen) atoms. The highest BCUT2D eigenvalue weighted by Crippen LogP contribution is 2.26. The summed E-state index contributed by atoms with van der Waals surface area (Å²) in [5.74, 6) is 0.512. The Morgan fingerprint density at radius 3 is 3.00 bits per heavy atom. The monoisotopic (exact) mass is 345 g/mol. The Bertz CT molecular complexity index is 697. The molecule has 2 aliphatic rings. The van der Waals surface area contributed by atoms with Crippen molar-refractivity contribution >= 4 is 17.2 Å². The lowest BCUT2D eigenvalue weighted by atomic mass is 10.1. The van der Waals surface area contributed by atoms with Gasteiger partial charge >= 0.3 is 0 Å². The van der Waals surface area contributed by atoms with Gasteiger partial charge in [-0.05, 0) is 34.5 Å². The van der Waals surface area contributed by atoms with E-state index in [9.17, 15) is 4.79 Å². The van der Waals surface area contributed by atoms with Crippen LogP contribution in [0, 0.1) is 5.92 Å². The van der Waals surface area contributed by atoms with Gasteiger partial charge in [0.25, 0.3) is 5.91 Å². The molecule has 0 radical (unpaired) electrons. The first-order chi connectivity index (χ1) is 11.7. The SMILES string of the molecule is Cn1cccc1C(=O)N1CCO[C@@H]2CN(Cc3ccsc3)C[C@@H]2C1. The van der Waals surface area contributed by atoms with Gasteiger partial charge in [-0.1, -0.05) is 0 Å². The zero-order valence-electron chi connectivity index (χ0n) is 13.9. The number of hydrogen-bond acceptors (Lipinski definition) is 4. The van der Waals surface area contributed by atoms with E-state index in [1.165, 1.54) is 5.56 Å². The molecule has 2 aromatic heterocycles. The van der Waals surface area contributed by atoms with Gasteiger partial charge in [-0.2, -0.15) is 11.3 Å². The number of amides is 1. The van der Waals surface area contributed by atoms with Crippen molar-refractivity contribution in [2.45, 2.75) is 12.6 Å². The van der Waals surface area contributed by atoms with Gasteiger partial charge in [0.1, 0.15) is 5.69 Å². The summed E-state index contributed by atoms with van der Waals surface area (Å²) in [6.07, 6.45) is 2.16. The van der Waals surface area contributed by atoms with Crippen LogP contribution < -0.4 is 0 Å². The molecule has 0 aliphatic carbocycles. The van der Waals surface area contributed by atoms with Crippen LogP contribution in [0.15, 0.2) is 35.2 Å². The van der Waals surface area contributed by atoms with Crippen LogP contribution in [-0.4, -0.2) is 59.2 Å². The van der Waals surface area contributed by atoms with Gasteiger partial charge in [0, 0.05) is 51.9 Å². The van der Waals surface area contributed by atoms with Crippen LogP contribution in [0.3, 0.4) is 0 Å². The number of aromatic nitrogens is 1. The van der Waals surface area contributed by atoms with Crippen LogP contribution in [-0.2, 0) is 18.3 Å². The second-order valence-electron chi connectivity index (χ2n) is 6.75. The maximum absolute atomic E-state index is 12.8. The highest BCUT2D eigenvalue weighted by Gasteiger charge is 2.37. The lowest BCUT2D eigenvalue weighted by Gasteiger charge is -2.24. The van der Waals surface area contributed by atoms with Crippen LogP contribution in [0.1, 0.15) is 16.1 Å². The van der Waals surface area contributed by atoms with Crippen LogP contribution in [0.25, 0.3) is 0 Å². The second kappa shape index (κ2) is 6.70. The summed E-state index contributed by atoms with van der Waals surface area (Å²) in [5, 5.41) is 4.33.